The van der Waals surface area contributed by atoms with Gasteiger partial charge in [-0.3, -0.25) is 0 Å². The van der Waals surface area contributed by atoms with Crippen molar-refractivity contribution in [2.75, 3.05) is 14.2 Å². The maximum atomic E-state index is 6.17. The van der Waals surface area contributed by atoms with Crippen molar-refractivity contribution >= 4 is 22.6 Å². The first-order valence-electron chi connectivity index (χ1n) is 5.27. The zero-order valence-electron chi connectivity index (χ0n) is 9.95. The summed E-state index contributed by atoms with van der Waals surface area (Å²) in [4.78, 5) is 8.64. The molecule has 4 nitrogen and oxygen atoms in total. The quantitative estimate of drug-likeness (QED) is 0.843. The van der Waals surface area contributed by atoms with Gasteiger partial charge in [-0.15, -0.1) is 0 Å². The fourth-order valence-corrected chi connectivity index (χ4v) is 1.89. The van der Waals surface area contributed by atoms with Crippen LogP contribution in [0.4, 0.5) is 0 Å². The van der Waals surface area contributed by atoms with E-state index in [9.17, 15) is 0 Å². The summed E-state index contributed by atoms with van der Waals surface area (Å²) in [5.41, 5.74) is 2.46. The Morgan fingerprint density at radius 2 is 1.76 bits per heavy atom. The zero-order valence-corrected chi connectivity index (χ0v) is 10.7. The molecule has 1 aromatic carbocycles. The number of hydrogen-bond acceptors (Lipinski definition) is 4. The second kappa shape index (κ2) is 4.75. The van der Waals surface area contributed by atoms with Gasteiger partial charge < -0.3 is 9.47 Å². The molecule has 0 aliphatic rings. The Balaban J connectivity index is 2.73. The number of rotatable bonds is 3. The summed E-state index contributed by atoms with van der Waals surface area (Å²) in [6.45, 7) is 2.06. The van der Waals surface area contributed by atoms with E-state index in [1.807, 2.05) is 12.1 Å². The Labute approximate surface area is 105 Å². The minimum absolute atomic E-state index is 0.339. The van der Waals surface area contributed by atoms with Crippen LogP contribution in [0.25, 0.3) is 11.0 Å². The van der Waals surface area contributed by atoms with Crippen LogP contribution in [0.2, 0.25) is 5.02 Å². The topological polar surface area (TPSA) is 44.2 Å². The highest BCUT2D eigenvalue weighted by atomic mass is 35.5. The standard InChI is InChI=1S/C12H13ClN2O2/c1-4-7-5-8(13)10-9(6-7)14-11(16-2)12(15-10)17-3/h5-6H,4H2,1-3H3. The Kier molecular flexibility index (Phi) is 3.33. The first kappa shape index (κ1) is 11.9. The smallest absolute Gasteiger partial charge is 0.278 e. The van der Waals surface area contributed by atoms with Crippen molar-refractivity contribution in [3.05, 3.63) is 22.7 Å². The average Bonchev–Trinajstić information content (AvgIpc) is 2.36. The number of fused-ring (bicyclic) bond motifs is 1. The molecule has 5 heteroatoms. The molecule has 0 radical (unpaired) electrons. The van der Waals surface area contributed by atoms with Crippen LogP contribution >= 0.6 is 11.6 Å². The third-order valence-electron chi connectivity index (χ3n) is 2.52. The highest BCUT2D eigenvalue weighted by molar-refractivity contribution is 6.35. The molecule has 90 valence electrons. The molecule has 17 heavy (non-hydrogen) atoms. The summed E-state index contributed by atoms with van der Waals surface area (Å²) in [7, 11) is 3.05. The van der Waals surface area contributed by atoms with Gasteiger partial charge >= 0.3 is 0 Å². The third kappa shape index (κ3) is 2.13. The van der Waals surface area contributed by atoms with Crippen LogP contribution in [-0.2, 0) is 6.42 Å². The monoisotopic (exact) mass is 252 g/mol. The average molecular weight is 253 g/mol. The molecule has 0 saturated carbocycles. The van der Waals surface area contributed by atoms with Crippen LogP contribution in [0, 0.1) is 0 Å². The maximum absolute atomic E-state index is 6.17. The Morgan fingerprint density at radius 3 is 2.35 bits per heavy atom. The van der Waals surface area contributed by atoms with E-state index >= 15 is 0 Å². The van der Waals surface area contributed by atoms with Crippen molar-refractivity contribution < 1.29 is 9.47 Å². The molecule has 2 aromatic rings. The summed E-state index contributed by atoms with van der Waals surface area (Å²) in [5.74, 6) is 0.704. The third-order valence-corrected chi connectivity index (χ3v) is 2.80. The fourth-order valence-electron chi connectivity index (χ4n) is 1.61. The van der Waals surface area contributed by atoms with Crippen LogP contribution in [0.15, 0.2) is 12.1 Å². The van der Waals surface area contributed by atoms with Crippen molar-refractivity contribution in [3.8, 4) is 11.8 Å². The highest BCUT2D eigenvalue weighted by Crippen LogP contribution is 2.29. The second-order valence-electron chi connectivity index (χ2n) is 3.54. The summed E-state index contributed by atoms with van der Waals surface area (Å²) < 4.78 is 10.2. The van der Waals surface area contributed by atoms with Crippen molar-refractivity contribution in [2.45, 2.75) is 13.3 Å². The maximum Gasteiger partial charge on any atom is 0.278 e. The van der Waals surface area contributed by atoms with Crippen molar-refractivity contribution in [1.29, 1.82) is 0 Å². The number of benzene rings is 1. The molecule has 1 aromatic heterocycles. The van der Waals surface area contributed by atoms with E-state index in [4.69, 9.17) is 21.1 Å². The Bertz CT molecular complexity index is 558. The number of halogens is 1. The van der Waals surface area contributed by atoms with Gasteiger partial charge in [-0.25, -0.2) is 9.97 Å². The molecule has 0 aliphatic heterocycles. The van der Waals surface area contributed by atoms with Gasteiger partial charge in [0.05, 0.1) is 24.8 Å². The minimum Gasteiger partial charge on any atom is -0.477 e. The molecule has 1 heterocycles. The lowest BCUT2D eigenvalue weighted by Gasteiger charge is -2.08. The molecule has 0 bridgehead atoms. The van der Waals surface area contributed by atoms with Gasteiger partial charge in [0.15, 0.2) is 0 Å². The van der Waals surface area contributed by atoms with Crippen LogP contribution in [-0.4, -0.2) is 24.2 Å². The lowest BCUT2D eigenvalue weighted by Crippen LogP contribution is -1.98. The van der Waals surface area contributed by atoms with Crippen molar-refractivity contribution in [1.82, 2.24) is 9.97 Å². The van der Waals surface area contributed by atoms with E-state index in [2.05, 4.69) is 16.9 Å². The minimum atomic E-state index is 0.339. The Morgan fingerprint density at radius 1 is 1.12 bits per heavy atom. The number of ether oxygens (including phenoxy) is 2. The highest BCUT2D eigenvalue weighted by Gasteiger charge is 2.12. The Hall–Kier alpha value is -1.55. The number of hydrogen-bond donors (Lipinski definition) is 0. The molecule has 0 fully saturated rings. The van der Waals surface area contributed by atoms with Gasteiger partial charge in [-0.05, 0) is 24.1 Å². The number of aryl methyl sites for hydroxylation is 1. The molecule has 0 aliphatic carbocycles. The van der Waals surface area contributed by atoms with Gasteiger partial charge in [0.1, 0.15) is 5.52 Å². The summed E-state index contributed by atoms with van der Waals surface area (Å²) in [6.07, 6.45) is 0.895. The predicted molar refractivity (Wildman–Crippen MR) is 67.0 cm³/mol. The normalized spacial score (nSPS) is 10.6. The molecular formula is C12H13ClN2O2. The van der Waals surface area contributed by atoms with E-state index in [1.165, 1.54) is 14.2 Å². The van der Waals surface area contributed by atoms with Gasteiger partial charge in [-0.2, -0.15) is 0 Å². The molecule has 0 saturated heterocycles. The molecule has 0 atom stereocenters. The summed E-state index contributed by atoms with van der Waals surface area (Å²) in [5, 5.41) is 0.577. The molecular weight excluding hydrogens is 240 g/mol. The second-order valence-corrected chi connectivity index (χ2v) is 3.95. The van der Waals surface area contributed by atoms with Gasteiger partial charge in [0.2, 0.25) is 0 Å². The van der Waals surface area contributed by atoms with E-state index in [0.29, 0.717) is 27.8 Å². The lowest BCUT2D eigenvalue weighted by atomic mass is 10.1. The van der Waals surface area contributed by atoms with E-state index in [0.717, 1.165) is 12.0 Å². The molecule has 0 spiro atoms. The van der Waals surface area contributed by atoms with Gasteiger partial charge in [0.25, 0.3) is 11.8 Å². The van der Waals surface area contributed by atoms with Gasteiger partial charge in [0, 0.05) is 0 Å². The zero-order chi connectivity index (χ0) is 12.4. The number of nitrogens with zero attached hydrogens (tertiary/aromatic N) is 2. The largest absolute Gasteiger partial charge is 0.477 e. The van der Waals surface area contributed by atoms with Crippen molar-refractivity contribution in [3.63, 3.8) is 0 Å². The first-order valence-corrected chi connectivity index (χ1v) is 5.65. The van der Waals surface area contributed by atoms with E-state index < -0.39 is 0 Å². The number of aromatic nitrogens is 2. The molecule has 0 amide bonds. The molecule has 2 rings (SSSR count). The van der Waals surface area contributed by atoms with E-state index in [1.54, 1.807) is 0 Å². The number of methoxy groups -OCH3 is 2. The summed E-state index contributed by atoms with van der Waals surface area (Å²) >= 11 is 6.17. The SMILES string of the molecule is CCc1cc(Cl)c2nc(OC)c(OC)nc2c1. The van der Waals surface area contributed by atoms with E-state index in [-0.39, 0.29) is 0 Å². The van der Waals surface area contributed by atoms with Crippen LogP contribution in [0.3, 0.4) is 0 Å². The van der Waals surface area contributed by atoms with Gasteiger partial charge in [-0.1, -0.05) is 18.5 Å². The molecule has 0 N–H and O–H groups in total. The molecule has 0 unspecified atom stereocenters. The fraction of sp³-hybridized carbons (Fsp3) is 0.333. The van der Waals surface area contributed by atoms with Crippen molar-refractivity contribution in [2.24, 2.45) is 0 Å². The summed E-state index contributed by atoms with van der Waals surface area (Å²) in [6, 6.07) is 3.85. The lowest BCUT2D eigenvalue weighted by molar-refractivity contribution is 0.334. The first-order chi connectivity index (χ1) is 8.19. The van der Waals surface area contributed by atoms with Crippen LogP contribution < -0.4 is 9.47 Å². The van der Waals surface area contributed by atoms with Crippen LogP contribution in [0.1, 0.15) is 12.5 Å². The predicted octanol–water partition coefficient (Wildman–Crippen LogP) is 2.86. The van der Waals surface area contributed by atoms with Crippen LogP contribution in [0.5, 0.6) is 11.8 Å².